The predicted octanol–water partition coefficient (Wildman–Crippen LogP) is 3.16. The highest BCUT2D eigenvalue weighted by Gasteiger charge is 2.30. The van der Waals surface area contributed by atoms with Gasteiger partial charge in [-0.1, -0.05) is 36.4 Å². The average Bonchev–Trinajstić information content (AvgIpc) is 2.86. The maximum atomic E-state index is 13.5. The Kier molecular flexibility index (Phi) is 6.93. The summed E-state index contributed by atoms with van der Waals surface area (Å²) < 4.78 is 45.1. The van der Waals surface area contributed by atoms with E-state index in [4.69, 9.17) is 14.2 Å². The van der Waals surface area contributed by atoms with Crippen molar-refractivity contribution in [1.29, 1.82) is 0 Å². The van der Waals surface area contributed by atoms with Crippen molar-refractivity contribution in [2.24, 2.45) is 0 Å². The lowest BCUT2D eigenvalue weighted by molar-refractivity contribution is -0.120. The maximum Gasteiger partial charge on any atom is 0.264 e. The first-order chi connectivity index (χ1) is 16.4. The topological polar surface area (TPSA) is 94.2 Å². The first kappa shape index (κ1) is 23.4. The molecule has 0 spiro atoms. The number of carbonyl (C=O) groups excluding carboxylic acids is 1. The lowest BCUT2D eigenvalue weighted by atomic mass is 10.2. The van der Waals surface area contributed by atoms with Crippen LogP contribution in [0.25, 0.3) is 0 Å². The number of hydrogen-bond donors (Lipinski definition) is 1. The number of sulfonamides is 1. The van der Waals surface area contributed by atoms with E-state index < -0.39 is 28.6 Å². The van der Waals surface area contributed by atoms with Gasteiger partial charge in [0.1, 0.15) is 25.0 Å². The van der Waals surface area contributed by atoms with Gasteiger partial charge in [0, 0.05) is 0 Å². The molecule has 34 heavy (non-hydrogen) atoms. The van der Waals surface area contributed by atoms with Crippen LogP contribution in [0, 0.1) is 6.92 Å². The summed E-state index contributed by atoms with van der Waals surface area (Å²) in [5.74, 6) is 1.12. The second-order valence-electron chi connectivity index (χ2n) is 7.80. The molecule has 4 rings (SSSR count). The molecule has 1 amide bonds. The summed E-state index contributed by atoms with van der Waals surface area (Å²) in [5, 5.41) is 2.77. The van der Waals surface area contributed by atoms with Crippen molar-refractivity contribution in [3.8, 4) is 17.2 Å². The van der Waals surface area contributed by atoms with E-state index in [1.165, 1.54) is 19.2 Å². The second kappa shape index (κ2) is 10.0. The molecule has 0 unspecified atom stereocenters. The van der Waals surface area contributed by atoms with Crippen LogP contribution >= 0.6 is 0 Å². The van der Waals surface area contributed by atoms with E-state index in [0.717, 1.165) is 9.87 Å². The van der Waals surface area contributed by atoms with Crippen LogP contribution in [-0.2, 0) is 14.8 Å². The van der Waals surface area contributed by atoms with E-state index in [-0.39, 0.29) is 23.7 Å². The quantitative estimate of drug-likeness (QED) is 0.530. The molecular formula is C25H26N2O6S. The van der Waals surface area contributed by atoms with Gasteiger partial charge in [-0.2, -0.15) is 0 Å². The molecule has 0 saturated heterocycles. The number of amides is 1. The Morgan fingerprint density at radius 3 is 2.50 bits per heavy atom. The van der Waals surface area contributed by atoms with Crippen LogP contribution in [0.3, 0.4) is 0 Å². The Morgan fingerprint density at radius 2 is 1.76 bits per heavy atom. The van der Waals surface area contributed by atoms with Gasteiger partial charge in [0.05, 0.1) is 24.2 Å². The molecule has 1 aliphatic heterocycles. The lowest BCUT2D eigenvalue weighted by Crippen LogP contribution is -2.45. The van der Waals surface area contributed by atoms with E-state index in [2.05, 4.69) is 5.32 Å². The number of hydrogen-bond acceptors (Lipinski definition) is 6. The Labute approximate surface area is 199 Å². The Balaban J connectivity index is 1.54. The smallest absolute Gasteiger partial charge is 0.264 e. The number of nitrogens with one attached hydrogen (secondary N) is 1. The molecule has 0 radical (unpaired) electrons. The maximum absolute atomic E-state index is 13.5. The molecule has 1 aliphatic rings. The molecule has 0 bridgehead atoms. The normalized spacial score (nSPS) is 14.8. The molecule has 0 aromatic heterocycles. The van der Waals surface area contributed by atoms with Crippen molar-refractivity contribution in [3.05, 3.63) is 78.4 Å². The number of ether oxygens (including phenoxy) is 3. The summed E-state index contributed by atoms with van der Waals surface area (Å²) in [7, 11) is -2.59. The molecule has 9 heteroatoms. The van der Waals surface area contributed by atoms with Crippen molar-refractivity contribution in [3.63, 3.8) is 0 Å². The number of para-hydroxylation sites is 2. The van der Waals surface area contributed by atoms with Crippen molar-refractivity contribution in [2.45, 2.75) is 17.9 Å². The van der Waals surface area contributed by atoms with E-state index in [1.807, 2.05) is 31.2 Å². The molecule has 1 atom stereocenters. The van der Waals surface area contributed by atoms with E-state index in [9.17, 15) is 13.2 Å². The third-order valence-corrected chi connectivity index (χ3v) is 7.09. The fourth-order valence-electron chi connectivity index (χ4n) is 3.59. The number of aryl methyl sites for hydroxylation is 1. The summed E-state index contributed by atoms with van der Waals surface area (Å²) in [4.78, 5) is 13.0. The van der Waals surface area contributed by atoms with Crippen LogP contribution in [0.5, 0.6) is 17.2 Å². The first-order valence-electron chi connectivity index (χ1n) is 10.8. The fraction of sp³-hybridized carbons (Fsp3) is 0.240. The second-order valence-corrected chi connectivity index (χ2v) is 9.66. The molecule has 0 aliphatic carbocycles. The SMILES string of the molecule is COc1ccc(C)cc1N(CC(=O)NC[C@H]1COc2ccccc2O1)S(=O)(=O)c1ccccc1. The molecule has 1 N–H and O–H groups in total. The summed E-state index contributed by atoms with van der Waals surface area (Å²) in [6, 6.07) is 20.5. The van der Waals surface area contributed by atoms with E-state index >= 15 is 0 Å². The van der Waals surface area contributed by atoms with Gasteiger partial charge in [0.15, 0.2) is 11.5 Å². The summed E-state index contributed by atoms with van der Waals surface area (Å²) in [6.45, 7) is 1.85. The summed E-state index contributed by atoms with van der Waals surface area (Å²) in [6.07, 6.45) is -0.397. The average molecular weight is 483 g/mol. The predicted molar refractivity (Wildman–Crippen MR) is 128 cm³/mol. The van der Waals surface area contributed by atoms with Crippen LogP contribution in [-0.4, -0.2) is 47.2 Å². The Bertz CT molecular complexity index is 1260. The molecule has 1 heterocycles. The highest BCUT2D eigenvalue weighted by molar-refractivity contribution is 7.92. The number of rotatable bonds is 8. The van der Waals surface area contributed by atoms with Gasteiger partial charge in [-0.15, -0.1) is 0 Å². The third-order valence-electron chi connectivity index (χ3n) is 5.32. The third kappa shape index (κ3) is 5.09. The molecule has 3 aromatic rings. The minimum atomic E-state index is -4.05. The number of benzene rings is 3. The lowest BCUT2D eigenvalue weighted by Gasteiger charge is -2.28. The molecule has 0 saturated carbocycles. The van der Waals surface area contributed by atoms with Crippen molar-refractivity contribution < 1.29 is 27.4 Å². The van der Waals surface area contributed by atoms with Crippen molar-refractivity contribution >= 4 is 21.6 Å². The van der Waals surface area contributed by atoms with E-state index in [1.54, 1.807) is 36.4 Å². The Morgan fingerprint density at radius 1 is 1.06 bits per heavy atom. The number of nitrogens with zero attached hydrogens (tertiary/aromatic N) is 1. The largest absolute Gasteiger partial charge is 0.495 e. The van der Waals surface area contributed by atoms with Gasteiger partial charge in [-0.3, -0.25) is 9.10 Å². The van der Waals surface area contributed by atoms with Crippen LogP contribution < -0.4 is 23.8 Å². The van der Waals surface area contributed by atoms with Gasteiger partial charge in [-0.05, 0) is 48.9 Å². The van der Waals surface area contributed by atoms with Crippen molar-refractivity contribution in [2.75, 3.05) is 31.1 Å². The minimum Gasteiger partial charge on any atom is -0.495 e. The monoisotopic (exact) mass is 482 g/mol. The summed E-state index contributed by atoms with van der Waals surface area (Å²) >= 11 is 0. The molecule has 178 valence electrons. The standard InChI is InChI=1S/C25H26N2O6S/c1-18-12-13-22(31-2)21(14-18)27(34(29,30)20-8-4-3-5-9-20)16-25(28)26-15-19-17-32-23-10-6-7-11-24(23)33-19/h3-14,19H,15-17H2,1-2H3,(H,26,28)/t19-/m0/s1. The zero-order valence-corrected chi connectivity index (χ0v) is 19.7. The van der Waals surface area contributed by atoms with Crippen LogP contribution in [0.1, 0.15) is 5.56 Å². The highest BCUT2D eigenvalue weighted by atomic mass is 32.2. The Hall–Kier alpha value is -3.72. The molecular weight excluding hydrogens is 456 g/mol. The molecule has 0 fully saturated rings. The highest BCUT2D eigenvalue weighted by Crippen LogP contribution is 2.33. The molecule has 8 nitrogen and oxygen atoms in total. The molecule has 3 aromatic carbocycles. The van der Waals surface area contributed by atoms with Crippen LogP contribution in [0.15, 0.2) is 77.7 Å². The number of anilines is 1. The zero-order valence-electron chi connectivity index (χ0n) is 18.9. The van der Waals surface area contributed by atoms with Crippen LogP contribution in [0.2, 0.25) is 0 Å². The van der Waals surface area contributed by atoms with Gasteiger partial charge < -0.3 is 19.5 Å². The number of fused-ring (bicyclic) bond motifs is 1. The zero-order chi connectivity index (χ0) is 24.1. The van der Waals surface area contributed by atoms with E-state index in [0.29, 0.717) is 17.2 Å². The van der Waals surface area contributed by atoms with Gasteiger partial charge >= 0.3 is 0 Å². The number of methoxy groups -OCH3 is 1. The summed E-state index contributed by atoms with van der Waals surface area (Å²) in [5.41, 5.74) is 1.11. The minimum absolute atomic E-state index is 0.0759. The van der Waals surface area contributed by atoms with Crippen LogP contribution in [0.4, 0.5) is 5.69 Å². The van der Waals surface area contributed by atoms with Crippen molar-refractivity contribution in [1.82, 2.24) is 5.32 Å². The van der Waals surface area contributed by atoms with Gasteiger partial charge in [-0.25, -0.2) is 8.42 Å². The van der Waals surface area contributed by atoms with Gasteiger partial charge in [0.2, 0.25) is 5.91 Å². The number of carbonyl (C=O) groups is 1. The fourth-order valence-corrected chi connectivity index (χ4v) is 5.04. The van der Waals surface area contributed by atoms with Gasteiger partial charge in [0.25, 0.3) is 10.0 Å². The first-order valence-corrected chi connectivity index (χ1v) is 12.2.